The second-order valence-electron chi connectivity index (χ2n) is 8.18. The number of likely N-dealkylation sites (N-methyl/N-ethyl adjacent to an activating group) is 1. The molecule has 1 saturated heterocycles. The number of amides is 1. The molecule has 5 nitrogen and oxygen atoms in total. The fraction of sp³-hybridized carbons (Fsp3) is 0.522. The van der Waals surface area contributed by atoms with Gasteiger partial charge in [0.2, 0.25) is 5.91 Å². The SMILES string of the molecule is CN(C)CCNC(=O)CCC1CCN(Cc2ccc(-c3ccc(Cl)cc3)o2)CC1. The number of rotatable bonds is 9. The minimum Gasteiger partial charge on any atom is -0.460 e. The van der Waals surface area contributed by atoms with Gasteiger partial charge in [-0.25, -0.2) is 0 Å². The first kappa shape index (κ1) is 21.9. The van der Waals surface area contributed by atoms with E-state index in [4.69, 9.17) is 16.0 Å². The van der Waals surface area contributed by atoms with Crippen molar-refractivity contribution in [1.82, 2.24) is 15.1 Å². The van der Waals surface area contributed by atoms with Gasteiger partial charge in [0.15, 0.2) is 0 Å². The molecule has 29 heavy (non-hydrogen) atoms. The highest BCUT2D eigenvalue weighted by atomic mass is 35.5. The van der Waals surface area contributed by atoms with Crippen LogP contribution in [0.15, 0.2) is 40.8 Å². The number of halogens is 1. The molecule has 0 aliphatic carbocycles. The summed E-state index contributed by atoms with van der Waals surface area (Å²) in [6.45, 7) is 4.57. The van der Waals surface area contributed by atoms with Crippen molar-refractivity contribution in [2.75, 3.05) is 40.3 Å². The smallest absolute Gasteiger partial charge is 0.220 e. The van der Waals surface area contributed by atoms with Gasteiger partial charge in [0, 0.05) is 30.1 Å². The van der Waals surface area contributed by atoms with E-state index >= 15 is 0 Å². The maximum atomic E-state index is 12.0. The molecule has 0 radical (unpaired) electrons. The number of benzene rings is 1. The number of hydrogen-bond donors (Lipinski definition) is 1. The first-order valence-corrected chi connectivity index (χ1v) is 10.9. The first-order valence-electron chi connectivity index (χ1n) is 10.5. The lowest BCUT2D eigenvalue weighted by Gasteiger charge is -2.31. The zero-order valence-corrected chi connectivity index (χ0v) is 18.3. The largest absolute Gasteiger partial charge is 0.460 e. The van der Waals surface area contributed by atoms with Gasteiger partial charge < -0.3 is 14.6 Å². The summed E-state index contributed by atoms with van der Waals surface area (Å²) in [5.41, 5.74) is 1.04. The van der Waals surface area contributed by atoms with E-state index in [-0.39, 0.29) is 5.91 Å². The summed E-state index contributed by atoms with van der Waals surface area (Å²) in [7, 11) is 4.03. The van der Waals surface area contributed by atoms with Gasteiger partial charge in [0.05, 0.1) is 6.54 Å². The van der Waals surface area contributed by atoms with Gasteiger partial charge in [-0.2, -0.15) is 0 Å². The average Bonchev–Trinajstić information content (AvgIpc) is 3.16. The molecule has 1 aliphatic heterocycles. The quantitative estimate of drug-likeness (QED) is 0.661. The normalized spacial score (nSPS) is 15.7. The maximum absolute atomic E-state index is 12.0. The number of carbonyl (C=O) groups excluding carboxylic acids is 1. The summed E-state index contributed by atoms with van der Waals surface area (Å²) in [6, 6.07) is 11.8. The summed E-state index contributed by atoms with van der Waals surface area (Å²) < 4.78 is 6.03. The summed E-state index contributed by atoms with van der Waals surface area (Å²) >= 11 is 5.96. The van der Waals surface area contributed by atoms with Crippen molar-refractivity contribution in [3.63, 3.8) is 0 Å². The van der Waals surface area contributed by atoms with E-state index in [1.54, 1.807) is 0 Å². The van der Waals surface area contributed by atoms with E-state index in [2.05, 4.69) is 21.2 Å². The molecule has 1 aliphatic rings. The van der Waals surface area contributed by atoms with E-state index < -0.39 is 0 Å². The number of likely N-dealkylation sites (tertiary alicyclic amines) is 1. The van der Waals surface area contributed by atoms with Crippen molar-refractivity contribution in [1.29, 1.82) is 0 Å². The second kappa shape index (κ2) is 10.8. The number of furan rings is 1. The topological polar surface area (TPSA) is 48.7 Å². The minimum atomic E-state index is 0.180. The predicted octanol–water partition coefficient (Wildman–Crippen LogP) is 4.27. The van der Waals surface area contributed by atoms with Crippen molar-refractivity contribution >= 4 is 17.5 Å². The van der Waals surface area contributed by atoms with Crippen molar-refractivity contribution in [3.8, 4) is 11.3 Å². The molecular weight excluding hydrogens is 386 g/mol. The highest BCUT2D eigenvalue weighted by Gasteiger charge is 2.21. The van der Waals surface area contributed by atoms with Crippen molar-refractivity contribution in [2.24, 2.45) is 5.92 Å². The molecule has 6 heteroatoms. The third-order valence-electron chi connectivity index (χ3n) is 5.54. The molecule has 1 aromatic heterocycles. The molecule has 0 spiro atoms. The number of nitrogens with zero attached hydrogens (tertiary/aromatic N) is 2. The van der Waals surface area contributed by atoms with E-state index in [1.807, 2.05) is 44.4 Å². The predicted molar refractivity (Wildman–Crippen MR) is 118 cm³/mol. The van der Waals surface area contributed by atoms with Gasteiger partial charge in [0.1, 0.15) is 11.5 Å². The number of nitrogens with one attached hydrogen (secondary N) is 1. The molecule has 1 aromatic carbocycles. The highest BCUT2D eigenvalue weighted by molar-refractivity contribution is 6.30. The summed E-state index contributed by atoms with van der Waals surface area (Å²) in [6.07, 6.45) is 3.93. The molecule has 1 fully saturated rings. The van der Waals surface area contributed by atoms with Crippen molar-refractivity contribution < 1.29 is 9.21 Å². The zero-order chi connectivity index (χ0) is 20.6. The zero-order valence-electron chi connectivity index (χ0n) is 17.5. The van der Waals surface area contributed by atoms with Crippen LogP contribution in [0.25, 0.3) is 11.3 Å². The molecule has 2 heterocycles. The molecule has 3 rings (SSSR count). The van der Waals surface area contributed by atoms with Gasteiger partial charge in [-0.3, -0.25) is 9.69 Å². The molecule has 1 N–H and O–H groups in total. The van der Waals surface area contributed by atoms with Crippen LogP contribution in [0.1, 0.15) is 31.4 Å². The number of hydrogen-bond acceptors (Lipinski definition) is 4. The second-order valence-corrected chi connectivity index (χ2v) is 8.62. The van der Waals surface area contributed by atoms with Gasteiger partial charge in [0.25, 0.3) is 0 Å². The summed E-state index contributed by atoms with van der Waals surface area (Å²) in [5.74, 6) is 2.70. The van der Waals surface area contributed by atoms with Crippen LogP contribution in [0.2, 0.25) is 5.02 Å². The van der Waals surface area contributed by atoms with Crippen molar-refractivity contribution in [3.05, 3.63) is 47.2 Å². The standard InChI is InChI=1S/C23H32ClN3O2/c1-26(2)16-13-25-23(28)10-3-18-11-14-27(15-12-18)17-21-8-9-22(29-21)19-4-6-20(24)7-5-19/h4-9,18H,3,10-17H2,1-2H3,(H,25,28). The third-order valence-corrected chi connectivity index (χ3v) is 5.79. The summed E-state index contributed by atoms with van der Waals surface area (Å²) in [5, 5.41) is 3.73. The van der Waals surface area contributed by atoms with Crippen LogP contribution < -0.4 is 5.32 Å². The number of piperidine rings is 1. The fourth-order valence-corrected chi connectivity index (χ4v) is 3.85. The Bertz CT molecular complexity index is 765. The van der Waals surface area contributed by atoms with Gasteiger partial charge in [-0.05, 0) is 88.8 Å². The Morgan fingerprint density at radius 2 is 1.90 bits per heavy atom. The Balaban J connectivity index is 1.37. The molecule has 158 valence electrons. The average molecular weight is 418 g/mol. The fourth-order valence-electron chi connectivity index (χ4n) is 3.73. The van der Waals surface area contributed by atoms with E-state index in [1.165, 1.54) is 0 Å². The first-order chi connectivity index (χ1) is 14.0. The number of carbonyl (C=O) groups is 1. The Kier molecular flexibility index (Phi) is 8.16. The Morgan fingerprint density at radius 1 is 1.17 bits per heavy atom. The van der Waals surface area contributed by atoms with Crippen molar-refractivity contribution in [2.45, 2.75) is 32.2 Å². The molecule has 0 unspecified atom stereocenters. The van der Waals surface area contributed by atoms with Gasteiger partial charge in [-0.15, -0.1) is 0 Å². The monoisotopic (exact) mass is 417 g/mol. The molecule has 2 aromatic rings. The molecular formula is C23H32ClN3O2. The lowest BCUT2D eigenvalue weighted by Crippen LogP contribution is -2.34. The van der Waals surface area contributed by atoms with Crippen LogP contribution >= 0.6 is 11.6 Å². The van der Waals surface area contributed by atoms with Crippen LogP contribution in [-0.4, -0.2) is 56.0 Å². The molecule has 0 saturated carbocycles. The van der Waals surface area contributed by atoms with Crippen LogP contribution in [0.5, 0.6) is 0 Å². The molecule has 0 atom stereocenters. The summed E-state index contributed by atoms with van der Waals surface area (Å²) in [4.78, 5) is 16.5. The Morgan fingerprint density at radius 3 is 2.59 bits per heavy atom. The molecule has 1 amide bonds. The van der Waals surface area contributed by atoms with E-state index in [9.17, 15) is 4.79 Å². The third kappa shape index (κ3) is 7.18. The van der Waals surface area contributed by atoms with Crippen LogP contribution in [0.4, 0.5) is 0 Å². The lowest BCUT2D eigenvalue weighted by molar-refractivity contribution is -0.121. The lowest BCUT2D eigenvalue weighted by atomic mass is 9.92. The highest BCUT2D eigenvalue weighted by Crippen LogP contribution is 2.26. The van der Waals surface area contributed by atoms with Crippen LogP contribution in [-0.2, 0) is 11.3 Å². The molecule has 0 bridgehead atoms. The Hall–Kier alpha value is -1.82. The Labute approximate surface area is 179 Å². The minimum absolute atomic E-state index is 0.180. The van der Waals surface area contributed by atoms with Crippen LogP contribution in [0, 0.1) is 5.92 Å². The van der Waals surface area contributed by atoms with Gasteiger partial charge in [-0.1, -0.05) is 11.6 Å². The van der Waals surface area contributed by atoms with E-state index in [0.29, 0.717) is 12.3 Å². The van der Waals surface area contributed by atoms with E-state index in [0.717, 1.165) is 74.1 Å². The van der Waals surface area contributed by atoms with Crippen LogP contribution in [0.3, 0.4) is 0 Å². The van der Waals surface area contributed by atoms with Gasteiger partial charge >= 0.3 is 0 Å². The maximum Gasteiger partial charge on any atom is 0.220 e.